The van der Waals surface area contributed by atoms with Gasteiger partial charge in [0, 0.05) is 0 Å². The number of aliphatic hydroxyl groups is 4. The van der Waals surface area contributed by atoms with Gasteiger partial charge < -0.3 is 25.2 Å². The molecule has 0 heterocycles. The molecule has 7 heteroatoms. The summed E-state index contributed by atoms with van der Waals surface area (Å²) >= 11 is 0. The van der Waals surface area contributed by atoms with Crippen molar-refractivity contribution in [3.05, 3.63) is 35.9 Å². The smallest absolute Gasteiger partial charge is 0.176 e. The van der Waals surface area contributed by atoms with Crippen LogP contribution in [0.2, 0.25) is 0 Å². The van der Waals surface area contributed by atoms with E-state index in [0.717, 1.165) is 5.56 Å². The molecule has 0 aromatic heterocycles. The van der Waals surface area contributed by atoms with Gasteiger partial charge in [-0.1, -0.05) is 30.3 Å². The maximum atomic E-state index is 10.8. The summed E-state index contributed by atoms with van der Waals surface area (Å²) in [5, 5.41) is 36.9. The molecule has 0 aliphatic heterocycles. The minimum absolute atomic E-state index is 0.0521. The van der Waals surface area contributed by atoms with Crippen LogP contribution in [0.3, 0.4) is 0 Å². The van der Waals surface area contributed by atoms with E-state index in [1.54, 1.807) is 24.3 Å². The van der Waals surface area contributed by atoms with Crippen LogP contribution in [-0.4, -0.2) is 57.7 Å². The first kappa shape index (κ1) is 16.7. The van der Waals surface area contributed by atoms with Crippen molar-refractivity contribution in [2.24, 2.45) is 0 Å². The van der Waals surface area contributed by atoms with Crippen molar-refractivity contribution in [2.45, 2.75) is 31.0 Å². The summed E-state index contributed by atoms with van der Waals surface area (Å²) in [6, 6.07) is 8.98. The Morgan fingerprint density at radius 2 is 1.75 bits per heavy atom. The van der Waals surface area contributed by atoms with Crippen LogP contribution in [0, 0.1) is 0 Å². The van der Waals surface area contributed by atoms with Crippen LogP contribution in [0.15, 0.2) is 30.3 Å². The van der Waals surface area contributed by atoms with Crippen LogP contribution in [0.25, 0.3) is 0 Å². The van der Waals surface area contributed by atoms with Gasteiger partial charge in [-0.25, -0.2) is 9.78 Å². The second-order valence-electron chi connectivity index (χ2n) is 4.18. The molecule has 0 aliphatic rings. The third-order valence-corrected chi connectivity index (χ3v) is 2.65. The Bertz CT molecular complexity index is 384. The molecule has 0 saturated carbocycles. The Labute approximate surface area is 115 Å². The van der Waals surface area contributed by atoms with E-state index in [1.165, 1.54) is 0 Å². The minimum Gasteiger partial charge on any atom is -0.394 e. The number of benzene rings is 1. The number of rotatable bonds is 9. The Balaban J connectivity index is 2.44. The van der Waals surface area contributed by atoms with E-state index in [1.807, 2.05) is 6.07 Å². The van der Waals surface area contributed by atoms with Crippen molar-refractivity contribution in [1.82, 2.24) is 0 Å². The summed E-state index contributed by atoms with van der Waals surface area (Å²) in [5.41, 5.74) is 0.794. The number of aldehydes is 1. The highest BCUT2D eigenvalue weighted by Gasteiger charge is 2.32. The normalized spacial score (nSPS) is 17.2. The Morgan fingerprint density at radius 1 is 1.10 bits per heavy atom. The largest absolute Gasteiger partial charge is 0.394 e. The van der Waals surface area contributed by atoms with E-state index in [2.05, 4.69) is 0 Å². The summed E-state index contributed by atoms with van der Waals surface area (Å²) in [5.74, 6) is 0. The summed E-state index contributed by atoms with van der Waals surface area (Å²) < 4.78 is 0. The second kappa shape index (κ2) is 8.75. The maximum absolute atomic E-state index is 10.8. The van der Waals surface area contributed by atoms with Gasteiger partial charge in [0.25, 0.3) is 0 Å². The lowest BCUT2D eigenvalue weighted by Crippen LogP contribution is -2.47. The Morgan fingerprint density at radius 3 is 2.30 bits per heavy atom. The van der Waals surface area contributed by atoms with Crippen molar-refractivity contribution in [1.29, 1.82) is 0 Å². The van der Waals surface area contributed by atoms with Crippen molar-refractivity contribution < 1.29 is 35.0 Å². The standard InChI is InChI=1S/C13H18O7/c14-6-10(16)12(17)13(18)11(7-15)20-19-8-9-4-2-1-3-5-9/h1-5,7,10-14,16-18H,6,8H2/t10-,11-,12-,13-/m1/s1. The van der Waals surface area contributed by atoms with Gasteiger partial charge in [-0.05, 0) is 5.56 Å². The first-order chi connectivity index (χ1) is 9.60. The molecule has 7 nitrogen and oxygen atoms in total. The zero-order valence-electron chi connectivity index (χ0n) is 10.7. The summed E-state index contributed by atoms with van der Waals surface area (Å²) in [6.07, 6.45) is -6.26. The first-order valence-electron chi connectivity index (χ1n) is 6.02. The zero-order valence-corrected chi connectivity index (χ0v) is 10.7. The molecule has 4 atom stereocenters. The number of carbonyl (C=O) groups excluding carboxylic acids is 1. The molecule has 0 aliphatic carbocycles. The van der Waals surface area contributed by atoms with Gasteiger partial charge in [-0.15, -0.1) is 0 Å². The van der Waals surface area contributed by atoms with E-state index in [9.17, 15) is 20.1 Å². The third kappa shape index (κ3) is 4.97. The lowest BCUT2D eigenvalue weighted by atomic mass is 10.0. The summed E-state index contributed by atoms with van der Waals surface area (Å²) in [7, 11) is 0. The van der Waals surface area contributed by atoms with E-state index in [4.69, 9.17) is 14.9 Å². The van der Waals surface area contributed by atoms with Crippen LogP contribution in [0.4, 0.5) is 0 Å². The van der Waals surface area contributed by atoms with Crippen molar-refractivity contribution in [2.75, 3.05) is 6.61 Å². The van der Waals surface area contributed by atoms with Crippen LogP contribution in [0.1, 0.15) is 5.56 Å². The summed E-state index contributed by atoms with van der Waals surface area (Å²) in [4.78, 5) is 20.3. The lowest BCUT2D eigenvalue weighted by molar-refractivity contribution is -0.340. The molecule has 0 bridgehead atoms. The molecule has 0 fully saturated rings. The third-order valence-electron chi connectivity index (χ3n) is 2.65. The SMILES string of the molecule is O=C[C@@H](OOCc1ccccc1)[C@@H](O)[C@H](O)[C@H](O)CO. The first-order valence-corrected chi connectivity index (χ1v) is 6.02. The number of carbonyl (C=O) groups is 1. The number of hydrogen-bond donors (Lipinski definition) is 4. The minimum atomic E-state index is -1.73. The highest BCUT2D eigenvalue weighted by Crippen LogP contribution is 2.09. The Hall–Kier alpha value is -1.35. The molecule has 1 aromatic carbocycles. The summed E-state index contributed by atoms with van der Waals surface area (Å²) in [6.45, 7) is -0.703. The van der Waals surface area contributed by atoms with Crippen LogP contribution >= 0.6 is 0 Å². The zero-order chi connectivity index (χ0) is 15.0. The molecule has 1 rings (SSSR count). The second-order valence-corrected chi connectivity index (χ2v) is 4.18. The molecule has 1 aromatic rings. The molecule has 20 heavy (non-hydrogen) atoms. The van der Waals surface area contributed by atoms with Gasteiger partial charge >= 0.3 is 0 Å². The van der Waals surface area contributed by atoms with Crippen LogP contribution < -0.4 is 0 Å². The molecule has 4 N–H and O–H groups in total. The molecule has 0 unspecified atom stereocenters. The van der Waals surface area contributed by atoms with Gasteiger partial charge in [0.2, 0.25) is 0 Å². The van der Waals surface area contributed by atoms with Gasteiger partial charge in [0.15, 0.2) is 12.4 Å². The number of aliphatic hydroxyl groups excluding tert-OH is 4. The maximum Gasteiger partial charge on any atom is 0.176 e. The van der Waals surface area contributed by atoms with Crippen molar-refractivity contribution in [3.8, 4) is 0 Å². The highest BCUT2D eigenvalue weighted by molar-refractivity contribution is 5.57. The molecule has 0 saturated heterocycles. The molecule has 0 spiro atoms. The van der Waals surface area contributed by atoms with E-state index in [0.29, 0.717) is 0 Å². The molecular formula is C13H18O7. The highest BCUT2D eigenvalue weighted by atomic mass is 17.2. The fourth-order valence-electron chi connectivity index (χ4n) is 1.44. The lowest BCUT2D eigenvalue weighted by Gasteiger charge is -2.24. The van der Waals surface area contributed by atoms with E-state index >= 15 is 0 Å². The quantitative estimate of drug-likeness (QED) is 0.255. The fourth-order valence-corrected chi connectivity index (χ4v) is 1.44. The van der Waals surface area contributed by atoms with Gasteiger partial charge in [-0.3, -0.25) is 0 Å². The number of hydrogen-bond acceptors (Lipinski definition) is 7. The van der Waals surface area contributed by atoms with E-state index < -0.39 is 31.0 Å². The predicted molar refractivity (Wildman–Crippen MR) is 67.3 cm³/mol. The van der Waals surface area contributed by atoms with Crippen molar-refractivity contribution in [3.63, 3.8) is 0 Å². The van der Waals surface area contributed by atoms with Crippen molar-refractivity contribution >= 4 is 6.29 Å². The molecule has 112 valence electrons. The molecular weight excluding hydrogens is 268 g/mol. The fraction of sp³-hybridized carbons (Fsp3) is 0.462. The average Bonchev–Trinajstić information content (AvgIpc) is 2.50. The topological polar surface area (TPSA) is 116 Å². The van der Waals surface area contributed by atoms with Crippen LogP contribution in [0.5, 0.6) is 0 Å². The van der Waals surface area contributed by atoms with Gasteiger partial charge in [0.05, 0.1) is 6.61 Å². The molecule has 0 radical (unpaired) electrons. The van der Waals surface area contributed by atoms with Gasteiger partial charge in [-0.2, -0.15) is 0 Å². The monoisotopic (exact) mass is 286 g/mol. The average molecular weight is 286 g/mol. The van der Waals surface area contributed by atoms with E-state index in [-0.39, 0.29) is 12.9 Å². The van der Waals surface area contributed by atoms with Gasteiger partial charge in [0.1, 0.15) is 24.9 Å². The Kier molecular flexibility index (Phi) is 7.31. The molecule has 0 amide bonds. The van der Waals surface area contributed by atoms with Crippen LogP contribution in [-0.2, 0) is 21.2 Å². The predicted octanol–water partition coefficient (Wildman–Crippen LogP) is -1.22.